The molecule has 2 rings (SSSR count). The summed E-state index contributed by atoms with van der Waals surface area (Å²) >= 11 is 0. The Balaban J connectivity index is 2.26. The van der Waals surface area contributed by atoms with E-state index in [0.717, 1.165) is 18.7 Å². The van der Waals surface area contributed by atoms with Crippen LogP contribution in [0.1, 0.15) is 25.2 Å². The second-order valence-electron chi connectivity index (χ2n) is 4.12. The average Bonchev–Trinajstić information content (AvgIpc) is 2.40. The summed E-state index contributed by atoms with van der Waals surface area (Å²) in [6.07, 6.45) is 4.15. The molecule has 100 valence electrons. The highest BCUT2D eigenvalue weighted by Gasteiger charge is 2.10. The van der Waals surface area contributed by atoms with Crippen LogP contribution in [-0.2, 0) is 6.42 Å². The normalized spacial score (nSPS) is 10.4. The van der Waals surface area contributed by atoms with Crippen LogP contribution in [-0.4, -0.2) is 33.0 Å². The fourth-order valence-electron chi connectivity index (χ4n) is 1.84. The summed E-state index contributed by atoms with van der Waals surface area (Å²) in [5.74, 6) is 1.56. The van der Waals surface area contributed by atoms with Gasteiger partial charge in [-0.25, -0.2) is 0 Å². The molecule has 0 aliphatic carbocycles. The van der Waals surface area contributed by atoms with E-state index in [1.54, 1.807) is 12.4 Å². The van der Waals surface area contributed by atoms with E-state index in [4.69, 9.17) is 5.73 Å². The van der Waals surface area contributed by atoms with Gasteiger partial charge in [-0.3, -0.25) is 4.98 Å². The molecule has 0 saturated heterocycles. The molecule has 0 bridgehead atoms. The third-order valence-corrected chi connectivity index (χ3v) is 2.82. The number of hydrogen-bond donors (Lipinski definition) is 1. The number of pyridine rings is 1. The van der Waals surface area contributed by atoms with Gasteiger partial charge < -0.3 is 10.6 Å². The van der Waals surface area contributed by atoms with Gasteiger partial charge in [0.25, 0.3) is 0 Å². The van der Waals surface area contributed by atoms with Crippen molar-refractivity contribution in [1.82, 2.24) is 19.9 Å². The topological polar surface area (TPSA) is 80.8 Å². The molecule has 0 unspecified atom stereocenters. The number of hydrogen-bond acceptors (Lipinski definition) is 6. The Kier molecular flexibility index (Phi) is 4.22. The van der Waals surface area contributed by atoms with Crippen LogP contribution in [0.4, 0.5) is 11.9 Å². The lowest BCUT2D eigenvalue weighted by Crippen LogP contribution is -2.25. The van der Waals surface area contributed by atoms with Crippen molar-refractivity contribution in [3.63, 3.8) is 0 Å². The van der Waals surface area contributed by atoms with Gasteiger partial charge in [0.2, 0.25) is 11.9 Å². The quantitative estimate of drug-likeness (QED) is 0.870. The standard InChI is InChI=1S/C13H18N6/c1-3-19(4-2)13-17-11(16-12(14)18-13)8-10-6-5-7-15-9-10/h5-7,9H,3-4,8H2,1-2H3,(H2,14,16,17,18). The molecular formula is C13H18N6. The van der Waals surface area contributed by atoms with Gasteiger partial charge in [0.05, 0.1) is 0 Å². The minimum atomic E-state index is 0.260. The van der Waals surface area contributed by atoms with Crippen molar-refractivity contribution in [2.75, 3.05) is 23.7 Å². The van der Waals surface area contributed by atoms with Crippen molar-refractivity contribution in [2.24, 2.45) is 0 Å². The fourth-order valence-corrected chi connectivity index (χ4v) is 1.84. The zero-order valence-electron chi connectivity index (χ0n) is 11.2. The maximum absolute atomic E-state index is 5.76. The van der Waals surface area contributed by atoms with Crippen LogP contribution < -0.4 is 10.6 Å². The van der Waals surface area contributed by atoms with Crippen LogP contribution in [0.5, 0.6) is 0 Å². The molecule has 2 heterocycles. The summed E-state index contributed by atoms with van der Waals surface area (Å²) in [7, 11) is 0. The Morgan fingerprint density at radius 3 is 2.58 bits per heavy atom. The molecule has 0 aromatic carbocycles. The van der Waals surface area contributed by atoms with Gasteiger partial charge in [-0.1, -0.05) is 6.07 Å². The van der Waals surface area contributed by atoms with Crippen molar-refractivity contribution in [1.29, 1.82) is 0 Å². The number of nitrogens with two attached hydrogens (primary N) is 1. The Morgan fingerprint density at radius 1 is 1.16 bits per heavy atom. The average molecular weight is 258 g/mol. The monoisotopic (exact) mass is 258 g/mol. The third kappa shape index (κ3) is 3.37. The number of nitrogen functional groups attached to an aromatic ring is 1. The molecule has 0 amide bonds. The summed E-state index contributed by atoms with van der Waals surface area (Å²) < 4.78 is 0. The van der Waals surface area contributed by atoms with E-state index in [9.17, 15) is 0 Å². The van der Waals surface area contributed by atoms with Crippen LogP contribution in [0.2, 0.25) is 0 Å². The second kappa shape index (κ2) is 6.08. The molecule has 6 heteroatoms. The summed E-state index contributed by atoms with van der Waals surface area (Å²) in [6, 6.07) is 3.88. The van der Waals surface area contributed by atoms with Crippen molar-refractivity contribution < 1.29 is 0 Å². The zero-order valence-corrected chi connectivity index (χ0v) is 11.2. The van der Waals surface area contributed by atoms with Gasteiger partial charge in [-0.2, -0.15) is 15.0 Å². The lowest BCUT2D eigenvalue weighted by molar-refractivity contribution is 0.796. The Morgan fingerprint density at radius 2 is 1.95 bits per heavy atom. The predicted molar refractivity (Wildman–Crippen MR) is 74.8 cm³/mol. The van der Waals surface area contributed by atoms with Gasteiger partial charge >= 0.3 is 0 Å². The lowest BCUT2D eigenvalue weighted by atomic mass is 10.2. The first-order valence-corrected chi connectivity index (χ1v) is 6.37. The highest BCUT2D eigenvalue weighted by molar-refractivity contribution is 5.35. The molecule has 2 aromatic heterocycles. The first kappa shape index (κ1) is 13.2. The highest BCUT2D eigenvalue weighted by atomic mass is 15.3. The van der Waals surface area contributed by atoms with Gasteiger partial charge in [0.1, 0.15) is 5.82 Å². The molecule has 19 heavy (non-hydrogen) atoms. The maximum Gasteiger partial charge on any atom is 0.230 e. The van der Waals surface area contributed by atoms with E-state index in [1.807, 2.05) is 17.0 Å². The largest absolute Gasteiger partial charge is 0.368 e. The van der Waals surface area contributed by atoms with Gasteiger partial charge in [-0.15, -0.1) is 0 Å². The minimum absolute atomic E-state index is 0.260. The summed E-state index contributed by atoms with van der Waals surface area (Å²) in [5.41, 5.74) is 6.81. The summed E-state index contributed by atoms with van der Waals surface area (Å²) in [6.45, 7) is 5.80. The van der Waals surface area contributed by atoms with Crippen molar-refractivity contribution in [3.05, 3.63) is 35.9 Å². The Bertz CT molecular complexity index is 524. The third-order valence-electron chi connectivity index (χ3n) is 2.82. The first-order valence-electron chi connectivity index (χ1n) is 6.37. The molecule has 0 radical (unpaired) electrons. The highest BCUT2D eigenvalue weighted by Crippen LogP contribution is 2.11. The minimum Gasteiger partial charge on any atom is -0.368 e. The SMILES string of the molecule is CCN(CC)c1nc(N)nc(Cc2cccnc2)n1. The van der Waals surface area contributed by atoms with E-state index >= 15 is 0 Å². The molecule has 6 nitrogen and oxygen atoms in total. The summed E-state index contributed by atoms with van der Waals surface area (Å²) in [4.78, 5) is 19.0. The van der Waals surface area contributed by atoms with E-state index < -0.39 is 0 Å². The molecule has 0 fully saturated rings. The molecule has 2 N–H and O–H groups in total. The second-order valence-corrected chi connectivity index (χ2v) is 4.12. The molecule has 2 aromatic rings. The van der Waals surface area contributed by atoms with Crippen LogP contribution in [0, 0.1) is 0 Å². The van der Waals surface area contributed by atoms with E-state index in [1.165, 1.54) is 0 Å². The van der Waals surface area contributed by atoms with Gasteiger partial charge in [0.15, 0.2) is 0 Å². The van der Waals surface area contributed by atoms with Crippen LogP contribution >= 0.6 is 0 Å². The van der Waals surface area contributed by atoms with E-state index in [0.29, 0.717) is 18.2 Å². The van der Waals surface area contributed by atoms with Crippen molar-refractivity contribution in [3.8, 4) is 0 Å². The summed E-state index contributed by atoms with van der Waals surface area (Å²) in [5, 5.41) is 0. The van der Waals surface area contributed by atoms with Crippen molar-refractivity contribution in [2.45, 2.75) is 20.3 Å². The Labute approximate surface area is 112 Å². The first-order chi connectivity index (χ1) is 9.22. The van der Waals surface area contributed by atoms with Crippen LogP contribution in [0.25, 0.3) is 0 Å². The number of rotatable bonds is 5. The predicted octanol–water partition coefficient (Wildman–Crippen LogP) is 1.29. The van der Waals surface area contributed by atoms with Gasteiger partial charge in [-0.05, 0) is 25.5 Å². The zero-order chi connectivity index (χ0) is 13.7. The smallest absolute Gasteiger partial charge is 0.230 e. The van der Waals surface area contributed by atoms with Gasteiger partial charge in [0, 0.05) is 31.9 Å². The van der Waals surface area contributed by atoms with Crippen LogP contribution in [0.3, 0.4) is 0 Å². The number of nitrogens with zero attached hydrogens (tertiary/aromatic N) is 5. The Hall–Kier alpha value is -2.24. The lowest BCUT2D eigenvalue weighted by Gasteiger charge is -2.18. The molecule has 0 saturated carbocycles. The van der Waals surface area contributed by atoms with E-state index in [2.05, 4.69) is 33.8 Å². The number of aromatic nitrogens is 4. The van der Waals surface area contributed by atoms with Crippen LogP contribution in [0.15, 0.2) is 24.5 Å². The molecule has 0 spiro atoms. The van der Waals surface area contributed by atoms with Crippen molar-refractivity contribution >= 4 is 11.9 Å². The molecule has 0 aliphatic rings. The fraction of sp³-hybridized carbons (Fsp3) is 0.385. The number of anilines is 2. The van der Waals surface area contributed by atoms with E-state index in [-0.39, 0.29) is 5.95 Å². The molecule has 0 aliphatic heterocycles. The molecule has 0 atom stereocenters. The maximum atomic E-state index is 5.76. The molecular weight excluding hydrogens is 240 g/mol.